The van der Waals surface area contributed by atoms with Gasteiger partial charge in [0.15, 0.2) is 17.9 Å². The first-order chi connectivity index (χ1) is 20.9. The number of nitrogens with zero attached hydrogens (tertiary/aromatic N) is 1. The van der Waals surface area contributed by atoms with Crippen LogP contribution in [-0.2, 0) is 39.1 Å². The van der Waals surface area contributed by atoms with Crippen molar-refractivity contribution in [3.63, 3.8) is 0 Å². The number of carbonyl (C=O) groups excluding carboxylic acids is 2. The normalized spacial score (nSPS) is 14.7. The van der Waals surface area contributed by atoms with E-state index in [4.69, 9.17) is 28.2 Å². The minimum atomic E-state index is -4.22. The van der Waals surface area contributed by atoms with Gasteiger partial charge in [-0.15, -0.1) is 0 Å². The SMILES string of the molecule is Cc1cc(OCP(=O)(OCOC(=O)C(C)(C)C)OCOC(=O)C(C)(C)C)c(F)c(C)c1Cc1ccc(O)c(C2CCCCC2)n1. The fourth-order valence-corrected chi connectivity index (χ4v) is 5.76. The van der Waals surface area contributed by atoms with Crippen LogP contribution in [0.4, 0.5) is 4.39 Å². The van der Waals surface area contributed by atoms with Gasteiger partial charge in [0.25, 0.3) is 0 Å². The summed E-state index contributed by atoms with van der Waals surface area (Å²) in [6.45, 7) is 11.9. The quantitative estimate of drug-likeness (QED) is 0.138. The number of aryl methyl sites for hydroxylation is 1. The smallest absolute Gasteiger partial charge is 0.373 e. The minimum Gasteiger partial charge on any atom is -0.506 e. The first-order valence-electron chi connectivity index (χ1n) is 15.2. The fourth-order valence-electron chi connectivity index (χ4n) is 4.82. The lowest BCUT2D eigenvalue weighted by Gasteiger charge is -2.23. The Morgan fingerprint density at radius 3 is 2.04 bits per heavy atom. The van der Waals surface area contributed by atoms with E-state index in [2.05, 4.69) is 0 Å². The highest BCUT2D eigenvalue weighted by Crippen LogP contribution is 2.49. The molecule has 3 rings (SSSR count). The Kier molecular flexibility index (Phi) is 12.2. The lowest BCUT2D eigenvalue weighted by Crippen LogP contribution is -2.25. The number of aromatic hydroxyl groups is 1. The second-order valence-electron chi connectivity index (χ2n) is 13.6. The van der Waals surface area contributed by atoms with E-state index in [9.17, 15) is 19.3 Å². The van der Waals surface area contributed by atoms with Gasteiger partial charge in [0.1, 0.15) is 5.75 Å². The summed E-state index contributed by atoms with van der Waals surface area (Å²) >= 11 is 0. The van der Waals surface area contributed by atoms with Crippen LogP contribution in [0.5, 0.6) is 11.5 Å². The van der Waals surface area contributed by atoms with Crippen LogP contribution in [0, 0.1) is 30.5 Å². The highest BCUT2D eigenvalue weighted by molar-refractivity contribution is 7.53. The maximum atomic E-state index is 15.6. The molecule has 1 N–H and O–H groups in total. The second-order valence-corrected chi connectivity index (χ2v) is 15.6. The van der Waals surface area contributed by atoms with E-state index < -0.39 is 56.1 Å². The van der Waals surface area contributed by atoms with Crippen molar-refractivity contribution in [2.24, 2.45) is 10.8 Å². The predicted octanol–water partition coefficient (Wildman–Crippen LogP) is 7.84. The topological polar surface area (TPSA) is 130 Å². The number of esters is 2. The van der Waals surface area contributed by atoms with Crippen LogP contribution in [0.15, 0.2) is 18.2 Å². The third-order valence-corrected chi connectivity index (χ3v) is 9.06. The van der Waals surface area contributed by atoms with Crippen molar-refractivity contribution in [1.29, 1.82) is 0 Å². The number of halogens is 1. The Hall–Kier alpha value is -3.01. The fraction of sp³-hybridized carbons (Fsp3) is 0.606. The molecule has 250 valence electrons. The molecule has 1 saturated carbocycles. The van der Waals surface area contributed by atoms with Gasteiger partial charge in [0, 0.05) is 18.0 Å². The summed E-state index contributed by atoms with van der Waals surface area (Å²) in [5.41, 5.74) is 1.50. The lowest BCUT2D eigenvalue weighted by atomic mass is 9.86. The van der Waals surface area contributed by atoms with E-state index in [0.717, 1.165) is 25.7 Å². The van der Waals surface area contributed by atoms with Crippen LogP contribution >= 0.6 is 7.60 Å². The highest BCUT2D eigenvalue weighted by atomic mass is 31.2. The molecule has 1 aromatic carbocycles. The number of pyridine rings is 1. The molecule has 1 aliphatic carbocycles. The zero-order valence-electron chi connectivity index (χ0n) is 27.7. The van der Waals surface area contributed by atoms with Gasteiger partial charge < -0.3 is 19.3 Å². The van der Waals surface area contributed by atoms with E-state index >= 15 is 4.39 Å². The van der Waals surface area contributed by atoms with Gasteiger partial charge in [-0.05, 0) is 103 Å². The number of hydrogen-bond acceptors (Lipinski definition) is 10. The van der Waals surface area contributed by atoms with E-state index in [0.29, 0.717) is 34.5 Å². The molecule has 0 amide bonds. The maximum absolute atomic E-state index is 15.6. The summed E-state index contributed by atoms with van der Waals surface area (Å²) in [7, 11) is -4.22. The van der Waals surface area contributed by atoms with Crippen LogP contribution in [0.1, 0.15) is 108 Å². The van der Waals surface area contributed by atoms with Crippen LogP contribution in [-0.4, -0.2) is 42.0 Å². The first-order valence-corrected chi connectivity index (χ1v) is 17.0. The Morgan fingerprint density at radius 1 is 0.956 bits per heavy atom. The van der Waals surface area contributed by atoms with Gasteiger partial charge in [-0.25, -0.2) is 4.39 Å². The van der Waals surface area contributed by atoms with Gasteiger partial charge in [-0.3, -0.25) is 28.2 Å². The van der Waals surface area contributed by atoms with Gasteiger partial charge in [-0.2, -0.15) is 0 Å². The average molecular weight is 652 g/mol. The largest absolute Gasteiger partial charge is 0.506 e. The summed E-state index contributed by atoms with van der Waals surface area (Å²) in [5.74, 6) is -1.65. The molecule has 10 nitrogen and oxygen atoms in total. The highest BCUT2D eigenvalue weighted by Gasteiger charge is 2.32. The molecule has 12 heteroatoms. The van der Waals surface area contributed by atoms with E-state index in [1.165, 1.54) is 12.5 Å². The Balaban J connectivity index is 1.76. The van der Waals surface area contributed by atoms with Gasteiger partial charge in [-0.1, -0.05) is 19.3 Å². The number of ether oxygens (including phenoxy) is 3. The van der Waals surface area contributed by atoms with Crippen molar-refractivity contribution in [2.75, 3.05) is 19.9 Å². The molecule has 1 aliphatic rings. The molecule has 0 spiro atoms. The third kappa shape index (κ3) is 10.2. The van der Waals surface area contributed by atoms with Crippen LogP contribution in [0.2, 0.25) is 0 Å². The number of hydrogen-bond donors (Lipinski definition) is 1. The zero-order valence-corrected chi connectivity index (χ0v) is 28.6. The summed E-state index contributed by atoms with van der Waals surface area (Å²) in [5, 5.41) is 10.5. The van der Waals surface area contributed by atoms with Crippen molar-refractivity contribution < 1.29 is 46.9 Å². The Bertz CT molecular complexity index is 1370. The van der Waals surface area contributed by atoms with Gasteiger partial charge >= 0.3 is 19.5 Å². The molecule has 1 aromatic heterocycles. The Morgan fingerprint density at radius 2 is 1.51 bits per heavy atom. The van der Waals surface area contributed by atoms with Crippen molar-refractivity contribution in [3.8, 4) is 11.5 Å². The minimum absolute atomic E-state index is 0.180. The third-order valence-electron chi connectivity index (χ3n) is 7.61. The summed E-state index contributed by atoms with van der Waals surface area (Å²) in [4.78, 5) is 29.0. The zero-order chi connectivity index (χ0) is 33.6. The molecule has 0 unspecified atom stereocenters. The number of rotatable bonds is 12. The number of carbonyl (C=O) groups is 2. The lowest BCUT2D eigenvalue weighted by molar-refractivity contribution is -0.162. The van der Waals surface area contributed by atoms with Crippen LogP contribution < -0.4 is 4.74 Å². The van der Waals surface area contributed by atoms with Crippen molar-refractivity contribution in [1.82, 2.24) is 4.98 Å². The molecular formula is C33H47FNO9P. The molecular weight excluding hydrogens is 604 g/mol. The standard InChI is InChI=1S/C33H47FNO9P/c1-21-16-27(28(34)22(2)25(21)17-24-14-15-26(36)29(35-24)23-12-10-9-11-13-23)42-20-45(39,43-18-40-30(37)32(3,4)5)44-19-41-31(38)33(6,7)8/h14-16,23,36H,9-13,17-20H2,1-8H3. The number of benzene rings is 1. The molecule has 45 heavy (non-hydrogen) atoms. The molecule has 0 atom stereocenters. The molecule has 1 fully saturated rings. The van der Waals surface area contributed by atoms with Gasteiger partial charge in [0.2, 0.25) is 13.6 Å². The molecule has 0 aliphatic heterocycles. The average Bonchev–Trinajstić information content (AvgIpc) is 2.96. The molecule has 0 radical (unpaired) electrons. The van der Waals surface area contributed by atoms with E-state index in [1.54, 1.807) is 60.6 Å². The predicted molar refractivity (Wildman–Crippen MR) is 167 cm³/mol. The molecule has 0 saturated heterocycles. The second kappa shape index (κ2) is 15.1. The summed E-state index contributed by atoms with van der Waals surface area (Å²) < 4.78 is 55.4. The van der Waals surface area contributed by atoms with Crippen LogP contribution in [0.25, 0.3) is 0 Å². The van der Waals surface area contributed by atoms with E-state index in [1.807, 2.05) is 6.92 Å². The Labute approximate surface area is 265 Å². The number of aromatic nitrogens is 1. The van der Waals surface area contributed by atoms with Crippen LogP contribution in [0.3, 0.4) is 0 Å². The maximum Gasteiger partial charge on any atom is 0.373 e. The first kappa shape index (κ1) is 36.5. The summed E-state index contributed by atoms with van der Waals surface area (Å²) in [6.07, 6.45) is 4.97. The molecule has 1 heterocycles. The van der Waals surface area contributed by atoms with Crippen molar-refractivity contribution in [2.45, 2.75) is 99.8 Å². The molecule has 0 bridgehead atoms. The molecule has 2 aromatic rings. The van der Waals surface area contributed by atoms with Crippen molar-refractivity contribution >= 4 is 19.5 Å². The van der Waals surface area contributed by atoms with Crippen molar-refractivity contribution in [3.05, 3.63) is 52.1 Å². The van der Waals surface area contributed by atoms with Gasteiger partial charge in [0.05, 0.1) is 16.5 Å². The monoisotopic (exact) mass is 651 g/mol. The van der Waals surface area contributed by atoms with E-state index in [-0.39, 0.29) is 17.4 Å². The summed E-state index contributed by atoms with van der Waals surface area (Å²) in [6, 6.07) is 4.89.